The molecule has 2 aliphatic heterocycles. The van der Waals surface area contributed by atoms with Crippen LogP contribution in [0.1, 0.15) is 33.6 Å². The number of anilines is 1. The van der Waals surface area contributed by atoms with Gasteiger partial charge in [0.2, 0.25) is 0 Å². The Morgan fingerprint density at radius 1 is 1.09 bits per heavy atom. The highest BCUT2D eigenvalue weighted by Gasteiger charge is 2.29. The van der Waals surface area contributed by atoms with Crippen LogP contribution in [0.4, 0.5) is 15.0 Å². The zero-order chi connectivity index (χ0) is 30.3. The van der Waals surface area contributed by atoms with Gasteiger partial charge in [-0.2, -0.15) is 9.97 Å². The summed E-state index contributed by atoms with van der Waals surface area (Å²) in [5.41, 5.74) is 0.0909. The number of piperazine rings is 1. The van der Waals surface area contributed by atoms with Crippen LogP contribution >= 0.6 is 11.6 Å². The molecular weight excluding hydrogens is 573 g/mol. The Hall–Kier alpha value is -3.83. The maximum Gasteiger partial charge on any atom is 0.410 e. The summed E-state index contributed by atoms with van der Waals surface area (Å²) in [5, 5.41) is 2.38. The minimum Gasteiger partial charge on any atom is -0.462 e. The molecular formula is C31H35ClFN7O3. The van der Waals surface area contributed by atoms with Crippen LogP contribution in [-0.2, 0) is 4.74 Å². The van der Waals surface area contributed by atoms with E-state index in [0.717, 1.165) is 24.8 Å². The summed E-state index contributed by atoms with van der Waals surface area (Å²) < 4.78 is 28.2. The van der Waals surface area contributed by atoms with Crippen LogP contribution in [0.2, 0.25) is 5.02 Å². The second-order valence-corrected chi connectivity index (χ2v) is 12.5. The number of carbonyl (C=O) groups is 1. The van der Waals surface area contributed by atoms with E-state index in [0.29, 0.717) is 60.0 Å². The molecule has 1 aromatic carbocycles. The average molecular weight is 608 g/mol. The van der Waals surface area contributed by atoms with Gasteiger partial charge in [0.1, 0.15) is 29.2 Å². The van der Waals surface area contributed by atoms with Gasteiger partial charge in [0.05, 0.1) is 5.39 Å². The van der Waals surface area contributed by atoms with Crippen LogP contribution in [0.5, 0.6) is 6.01 Å². The number of hydrogen-bond donors (Lipinski definition) is 0. The van der Waals surface area contributed by atoms with E-state index in [4.69, 9.17) is 26.1 Å². The number of carbonyl (C=O) groups excluding carboxylic acids is 1. The fourth-order valence-corrected chi connectivity index (χ4v) is 5.96. The quantitative estimate of drug-likeness (QED) is 0.289. The molecule has 2 fully saturated rings. The molecule has 1 atom stereocenters. The first-order chi connectivity index (χ1) is 20.6. The first-order valence-corrected chi connectivity index (χ1v) is 14.9. The lowest BCUT2D eigenvalue weighted by Crippen LogP contribution is -2.50. The van der Waals surface area contributed by atoms with Crippen LogP contribution in [0.15, 0.2) is 36.8 Å². The van der Waals surface area contributed by atoms with Gasteiger partial charge in [0, 0.05) is 72.2 Å². The smallest absolute Gasteiger partial charge is 0.410 e. The highest BCUT2D eigenvalue weighted by atomic mass is 35.5. The van der Waals surface area contributed by atoms with E-state index in [-0.39, 0.29) is 29.4 Å². The maximum absolute atomic E-state index is 16.5. The van der Waals surface area contributed by atoms with Crippen LogP contribution in [-0.4, -0.2) is 93.9 Å². The van der Waals surface area contributed by atoms with Crippen LogP contribution in [0.25, 0.3) is 32.9 Å². The molecule has 0 bridgehead atoms. The molecule has 43 heavy (non-hydrogen) atoms. The Balaban J connectivity index is 1.38. The lowest BCUT2D eigenvalue weighted by molar-refractivity contribution is 0.0240. The number of likely N-dealkylation sites (N-methyl/N-ethyl adjacent to an activating group) is 1. The molecule has 10 nitrogen and oxygen atoms in total. The first kappa shape index (κ1) is 29.3. The second-order valence-electron chi connectivity index (χ2n) is 12.1. The lowest BCUT2D eigenvalue weighted by atomic mass is 10.0. The highest BCUT2D eigenvalue weighted by molar-refractivity contribution is 6.36. The van der Waals surface area contributed by atoms with Crippen molar-refractivity contribution in [3.8, 4) is 17.3 Å². The number of halogens is 2. The minimum atomic E-state index is -0.606. The third-order valence-electron chi connectivity index (χ3n) is 7.94. The molecule has 0 N–H and O–H groups in total. The van der Waals surface area contributed by atoms with Crippen molar-refractivity contribution in [2.75, 3.05) is 51.3 Å². The molecule has 3 aromatic heterocycles. The average Bonchev–Trinajstić information content (AvgIpc) is 3.39. The van der Waals surface area contributed by atoms with Gasteiger partial charge in [0.15, 0.2) is 5.82 Å². The number of likely N-dealkylation sites (tertiary alicyclic amines) is 1. The molecule has 5 heterocycles. The summed E-state index contributed by atoms with van der Waals surface area (Å²) in [6.45, 7) is 8.74. The molecule has 2 saturated heterocycles. The Kier molecular flexibility index (Phi) is 7.95. The molecule has 4 aromatic rings. The van der Waals surface area contributed by atoms with E-state index in [2.05, 4.69) is 26.9 Å². The number of fused-ring (bicyclic) bond motifs is 2. The maximum atomic E-state index is 16.5. The van der Waals surface area contributed by atoms with E-state index < -0.39 is 11.4 Å². The lowest BCUT2D eigenvalue weighted by Gasteiger charge is -2.36. The van der Waals surface area contributed by atoms with Crippen molar-refractivity contribution < 1.29 is 18.7 Å². The van der Waals surface area contributed by atoms with Crippen LogP contribution in [0.3, 0.4) is 0 Å². The van der Waals surface area contributed by atoms with Gasteiger partial charge in [-0.25, -0.2) is 9.18 Å². The predicted octanol–water partition coefficient (Wildman–Crippen LogP) is 5.56. The zero-order valence-corrected chi connectivity index (χ0v) is 25.6. The third kappa shape index (κ3) is 6.01. The molecule has 0 aliphatic carbocycles. The highest BCUT2D eigenvalue weighted by Crippen LogP contribution is 2.37. The number of pyridine rings is 2. The standard InChI is InChI=1S/C31H35ClFN7O3/c1-31(2,3)43-30(41)40-13-11-39(12-14-40)28-22-17-35-26(21-16-34-15-19-7-5-9-23(32)24(19)21)25(33)27(22)36-29(37-28)42-18-20-8-6-10-38(20)4/h5,7,9,15-17,20H,6,8,10-14,18H2,1-4H3/t20-/m0/s1. The van der Waals surface area contributed by atoms with Crippen LogP contribution in [0, 0.1) is 5.82 Å². The van der Waals surface area contributed by atoms with E-state index >= 15 is 4.39 Å². The van der Waals surface area contributed by atoms with Gasteiger partial charge in [-0.05, 0) is 53.3 Å². The monoisotopic (exact) mass is 607 g/mol. The number of nitrogens with zero attached hydrogens (tertiary/aromatic N) is 7. The number of ether oxygens (including phenoxy) is 2. The summed E-state index contributed by atoms with van der Waals surface area (Å²) in [5.74, 6) is -0.0961. The topological polar surface area (TPSA) is 96.8 Å². The SMILES string of the molecule is CN1CCC[C@H]1COc1nc(N2CCN(C(=O)OC(C)(C)C)CC2)c2cnc(-c3cncc4cccc(Cl)c34)c(F)c2n1. The Bertz CT molecular complexity index is 1670. The Morgan fingerprint density at radius 3 is 2.60 bits per heavy atom. The molecule has 12 heteroatoms. The van der Waals surface area contributed by atoms with E-state index in [1.807, 2.05) is 37.8 Å². The first-order valence-electron chi connectivity index (χ1n) is 14.5. The van der Waals surface area contributed by atoms with Crippen molar-refractivity contribution in [2.45, 2.75) is 45.3 Å². The minimum absolute atomic E-state index is 0.0968. The van der Waals surface area contributed by atoms with Crippen molar-refractivity contribution >= 4 is 45.2 Å². The molecule has 0 saturated carbocycles. The molecule has 0 spiro atoms. The number of amides is 1. The van der Waals surface area contributed by atoms with Gasteiger partial charge in [-0.15, -0.1) is 0 Å². The van der Waals surface area contributed by atoms with Crippen molar-refractivity contribution in [3.05, 3.63) is 47.6 Å². The van der Waals surface area contributed by atoms with Gasteiger partial charge in [0.25, 0.3) is 0 Å². The fraction of sp³-hybridized carbons (Fsp3) is 0.452. The molecule has 0 radical (unpaired) electrons. The summed E-state index contributed by atoms with van der Waals surface area (Å²) >= 11 is 6.55. The summed E-state index contributed by atoms with van der Waals surface area (Å²) in [6.07, 6.45) is 6.60. The number of hydrogen-bond acceptors (Lipinski definition) is 9. The zero-order valence-electron chi connectivity index (χ0n) is 24.8. The van der Waals surface area contributed by atoms with Crippen molar-refractivity contribution in [1.29, 1.82) is 0 Å². The van der Waals surface area contributed by atoms with Gasteiger partial charge in [-0.1, -0.05) is 23.7 Å². The molecule has 0 unspecified atom stereocenters. The third-order valence-corrected chi connectivity index (χ3v) is 8.25. The Labute approximate surface area is 254 Å². The Morgan fingerprint density at radius 2 is 1.88 bits per heavy atom. The number of benzene rings is 1. The molecule has 2 aliphatic rings. The molecule has 6 rings (SSSR count). The van der Waals surface area contributed by atoms with Gasteiger partial charge in [-0.3, -0.25) is 9.97 Å². The largest absolute Gasteiger partial charge is 0.462 e. The summed E-state index contributed by atoms with van der Waals surface area (Å²) in [6, 6.07) is 5.80. The van der Waals surface area contributed by atoms with E-state index in [1.165, 1.54) is 0 Å². The summed E-state index contributed by atoms with van der Waals surface area (Å²) in [4.78, 5) is 36.7. The fourth-order valence-electron chi connectivity index (χ4n) is 5.67. The molecule has 1 amide bonds. The number of rotatable bonds is 5. The van der Waals surface area contributed by atoms with E-state index in [1.54, 1.807) is 29.6 Å². The van der Waals surface area contributed by atoms with Crippen molar-refractivity contribution in [1.82, 2.24) is 29.7 Å². The summed E-state index contributed by atoms with van der Waals surface area (Å²) in [7, 11) is 2.07. The molecule has 226 valence electrons. The van der Waals surface area contributed by atoms with Gasteiger partial charge < -0.3 is 24.2 Å². The van der Waals surface area contributed by atoms with Crippen LogP contribution < -0.4 is 9.64 Å². The predicted molar refractivity (Wildman–Crippen MR) is 164 cm³/mol. The van der Waals surface area contributed by atoms with Crippen molar-refractivity contribution in [3.63, 3.8) is 0 Å². The normalized spacial score (nSPS) is 18.0. The van der Waals surface area contributed by atoms with Crippen molar-refractivity contribution in [2.24, 2.45) is 0 Å². The van der Waals surface area contributed by atoms with Gasteiger partial charge >= 0.3 is 12.1 Å². The second kappa shape index (κ2) is 11.7. The number of aromatic nitrogens is 4. The van der Waals surface area contributed by atoms with E-state index in [9.17, 15) is 4.79 Å².